The minimum absolute atomic E-state index is 0.480. The third kappa shape index (κ3) is 1.57. The summed E-state index contributed by atoms with van der Waals surface area (Å²) in [5, 5.41) is 0. The van der Waals surface area contributed by atoms with Crippen LogP contribution in [-0.4, -0.2) is 9.55 Å². The summed E-state index contributed by atoms with van der Waals surface area (Å²) in [5.41, 5.74) is 0. The lowest BCUT2D eigenvalue weighted by Crippen LogP contribution is -1.98. The van der Waals surface area contributed by atoms with Crippen LogP contribution in [0.25, 0.3) is 0 Å². The van der Waals surface area contributed by atoms with E-state index in [9.17, 15) is 8.78 Å². The van der Waals surface area contributed by atoms with Crippen LogP contribution in [0.15, 0.2) is 6.33 Å². The number of rotatable bonds is 1. The fraction of sp³-hybridized carbons (Fsp3) is 0.250. The predicted octanol–water partition coefficient (Wildman–Crippen LogP) is 2.49. The normalized spacial score (nSPS) is 10.9. The number of aromatic nitrogens is 2. The number of hydrogen-bond donors (Lipinski definition) is 0. The largest absolute Gasteiger partial charge is 0.320 e. The summed E-state index contributed by atoms with van der Waals surface area (Å²) in [4.78, 5) is 3.70. The van der Waals surface area contributed by atoms with Crippen LogP contribution in [0.2, 0.25) is 0 Å². The van der Waals surface area contributed by atoms with Crippen LogP contribution < -0.4 is 0 Å². The van der Waals surface area contributed by atoms with Gasteiger partial charge in [0.1, 0.15) is 13.7 Å². The molecule has 0 bridgehead atoms. The van der Waals surface area contributed by atoms with Crippen molar-refractivity contribution < 1.29 is 8.78 Å². The molecule has 0 fully saturated rings. The zero-order valence-corrected chi connectivity index (χ0v) is 8.88. The minimum Gasteiger partial charge on any atom is -0.267 e. The van der Waals surface area contributed by atoms with E-state index in [-0.39, 0.29) is 0 Å². The first kappa shape index (κ1) is 8.62. The lowest BCUT2D eigenvalue weighted by atomic mass is 10.9. The number of alkyl halides is 2. The van der Waals surface area contributed by atoms with E-state index in [1.54, 1.807) is 0 Å². The van der Waals surface area contributed by atoms with Crippen LogP contribution in [0.1, 0.15) is 6.55 Å². The molecule has 0 unspecified atom stereocenters. The fourth-order valence-electron chi connectivity index (χ4n) is 0.459. The standard InChI is InChI=1S/C4H2F2I2N2/c5-4(6)10-1-9-2(7)3(10)8/h1,4H. The molecule has 0 N–H and O–H groups in total. The van der Waals surface area contributed by atoms with Crippen molar-refractivity contribution in [2.75, 3.05) is 0 Å². The van der Waals surface area contributed by atoms with Crippen LogP contribution in [0.3, 0.4) is 0 Å². The van der Waals surface area contributed by atoms with Crippen LogP contribution in [0.4, 0.5) is 8.78 Å². The van der Waals surface area contributed by atoms with Crippen molar-refractivity contribution in [2.24, 2.45) is 0 Å². The highest BCUT2D eigenvalue weighted by Crippen LogP contribution is 2.19. The second-order valence-corrected chi connectivity index (χ2v) is 3.55. The average Bonchev–Trinajstić information content (AvgIpc) is 2.14. The summed E-state index contributed by atoms with van der Waals surface area (Å²) in [7, 11) is 0. The summed E-state index contributed by atoms with van der Waals surface area (Å²) >= 11 is 3.73. The van der Waals surface area contributed by atoms with Gasteiger partial charge in [0.15, 0.2) is 0 Å². The Morgan fingerprint density at radius 1 is 1.50 bits per heavy atom. The van der Waals surface area contributed by atoms with E-state index in [1.165, 1.54) is 0 Å². The molecule has 1 rings (SSSR count). The minimum atomic E-state index is -2.48. The number of halogens is 4. The van der Waals surface area contributed by atoms with Gasteiger partial charge < -0.3 is 0 Å². The van der Waals surface area contributed by atoms with Crippen molar-refractivity contribution in [3.05, 3.63) is 13.7 Å². The molecule has 0 radical (unpaired) electrons. The van der Waals surface area contributed by atoms with Gasteiger partial charge in [-0.3, -0.25) is 4.57 Å². The molecule has 0 aliphatic rings. The zero-order valence-electron chi connectivity index (χ0n) is 4.56. The second-order valence-electron chi connectivity index (χ2n) is 1.51. The average molecular weight is 370 g/mol. The molecule has 0 saturated heterocycles. The predicted molar refractivity (Wildman–Crippen MR) is 48.9 cm³/mol. The van der Waals surface area contributed by atoms with E-state index in [2.05, 4.69) is 4.98 Å². The van der Waals surface area contributed by atoms with E-state index in [1.807, 2.05) is 45.2 Å². The summed E-state index contributed by atoms with van der Waals surface area (Å²) in [6, 6.07) is 0. The Balaban J connectivity index is 3.05. The fourth-order valence-corrected chi connectivity index (χ4v) is 1.34. The maximum atomic E-state index is 12.0. The van der Waals surface area contributed by atoms with Crippen molar-refractivity contribution >= 4 is 45.2 Å². The van der Waals surface area contributed by atoms with Gasteiger partial charge >= 0.3 is 6.55 Å². The highest BCUT2D eigenvalue weighted by molar-refractivity contribution is 14.1. The summed E-state index contributed by atoms with van der Waals surface area (Å²) in [6.07, 6.45) is 1.13. The smallest absolute Gasteiger partial charge is 0.267 e. The topological polar surface area (TPSA) is 17.8 Å². The maximum Gasteiger partial charge on any atom is 0.320 e. The number of hydrogen-bond acceptors (Lipinski definition) is 1. The van der Waals surface area contributed by atoms with Gasteiger partial charge in [0, 0.05) is 0 Å². The van der Waals surface area contributed by atoms with Crippen LogP contribution >= 0.6 is 45.2 Å². The van der Waals surface area contributed by atoms with Crippen LogP contribution in [0, 0.1) is 7.40 Å². The molecule has 6 heteroatoms. The van der Waals surface area contributed by atoms with Gasteiger partial charge in [-0.15, -0.1) is 0 Å². The molecule has 0 spiro atoms. The molecule has 2 nitrogen and oxygen atoms in total. The van der Waals surface area contributed by atoms with E-state index in [4.69, 9.17) is 0 Å². The zero-order chi connectivity index (χ0) is 7.72. The van der Waals surface area contributed by atoms with Crippen LogP contribution in [-0.2, 0) is 0 Å². The van der Waals surface area contributed by atoms with E-state index < -0.39 is 6.55 Å². The molecule has 0 saturated carbocycles. The van der Waals surface area contributed by atoms with Crippen molar-refractivity contribution in [2.45, 2.75) is 6.55 Å². The first-order valence-electron chi connectivity index (χ1n) is 2.29. The monoisotopic (exact) mass is 370 g/mol. The molecule has 1 aromatic heterocycles. The lowest BCUT2D eigenvalue weighted by molar-refractivity contribution is 0.0675. The Kier molecular flexibility index (Phi) is 2.83. The molecule has 0 aliphatic heterocycles. The molecule has 56 valence electrons. The lowest BCUT2D eigenvalue weighted by Gasteiger charge is -1.99. The summed E-state index contributed by atoms with van der Waals surface area (Å²) < 4.78 is 25.8. The van der Waals surface area contributed by atoms with Gasteiger partial charge in [-0.1, -0.05) is 0 Å². The molecular weight excluding hydrogens is 368 g/mol. The molecular formula is C4H2F2I2N2. The third-order valence-corrected chi connectivity index (χ3v) is 3.79. The Morgan fingerprint density at radius 3 is 2.30 bits per heavy atom. The second kappa shape index (κ2) is 3.28. The number of nitrogens with zero attached hydrogens (tertiary/aromatic N) is 2. The summed E-state index contributed by atoms with van der Waals surface area (Å²) in [5.74, 6) is 0. The van der Waals surface area contributed by atoms with E-state index in [0.29, 0.717) is 7.40 Å². The van der Waals surface area contributed by atoms with Gasteiger partial charge in [-0.05, 0) is 45.2 Å². The molecule has 0 atom stereocenters. The molecule has 1 heterocycles. The van der Waals surface area contributed by atoms with Gasteiger partial charge in [-0.2, -0.15) is 8.78 Å². The Hall–Kier alpha value is 0.530. The first-order chi connectivity index (χ1) is 4.63. The molecule has 0 aliphatic carbocycles. The van der Waals surface area contributed by atoms with Gasteiger partial charge in [-0.25, -0.2) is 4.98 Å². The van der Waals surface area contributed by atoms with Gasteiger partial charge in [0.2, 0.25) is 0 Å². The van der Waals surface area contributed by atoms with Gasteiger partial charge in [0.05, 0.1) is 0 Å². The van der Waals surface area contributed by atoms with E-state index in [0.717, 1.165) is 10.9 Å². The molecule has 10 heavy (non-hydrogen) atoms. The molecule has 1 aromatic rings. The van der Waals surface area contributed by atoms with Crippen molar-refractivity contribution in [1.82, 2.24) is 9.55 Å². The SMILES string of the molecule is FC(F)n1cnc(I)c1I. The maximum absolute atomic E-state index is 12.0. The Morgan fingerprint density at radius 2 is 2.10 bits per heavy atom. The highest BCUT2D eigenvalue weighted by atomic mass is 127. The first-order valence-corrected chi connectivity index (χ1v) is 4.44. The van der Waals surface area contributed by atoms with Crippen LogP contribution in [0.5, 0.6) is 0 Å². The van der Waals surface area contributed by atoms with Crippen molar-refractivity contribution in [3.63, 3.8) is 0 Å². The quantitative estimate of drug-likeness (QED) is 0.695. The van der Waals surface area contributed by atoms with E-state index >= 15 is 0 Å². The Labute approximate surface area is 83.3 Å². The molecule has 0 amide bonds. The summed E-state index contributed by atoms with van der Waals surface area (Å²) in [6.45, 7) is -2.48. The Bertz CT molecular complexity index is 235. The van der Waals surface area contributed by atoms with Crippen molar-refractivity contribution in [3.8, 4) is 0 Å². The number of imidazole rings is 1. The highest BCUT2D eigenvalue weighted by Gasteiger charge is 2.11. The third-order valence-electron chi connectivity index (χ3n) is 0.903. The van der Waals surface area contributed by atoms with Gasteiger partial charge in [0.25, 0.3) is 0 Å². The molecule has 0 aromatic carbocycles. The van der Waals surface area contributed by atoms with Crippen molar-refractivity contribution in [1.29, 1.82) is 0 Å².